The number of nitrogens with one attached hydrogen (secondary N) is 2. The lowest BCUT2D eigenvalue weighted by atomic mass is 9.91. The summed E-state index contributed by atoms with van der Waals surface area (Å²) in [6, 6.07) is 8.07. The first kappa shape index (κ1) is 23.0. The number of nitrogen functional groups attached to an aromatic ring is 1. The molecule has 1 fully saturated rings. The van der Waals surface area contributed by atoms with Gasteiger partial charge in [0.05, 0.1) is 23.2 Å². The summed E-state index contributed by atoms with van der Waals surface area (Å²) in [7, 11) is 0. The Morgan fingerprint density at radius 3 is 2.79 bits per heavy atom. The number of nitrogens with two attached hydrogens (primary N) is 1. The third kappa shape index (κ3) is 4.22. The van der Waals surface area contributed by atoms with E-state index in [1.54, 1.807) is 0 Å². The summed E-state index contributed by atoms with van der Waals surface area (Å²) in [5.41, 5.74) is 8.53. The summed E-state index contributed by atoms with van der Waals surface area (Å²) in [5.74, 6) is 0.260. The fourth-order valence-electron chi connectivity index (χ4n) is 4.30. The van der Waals surface area contributed by atoms with Crippen molar-refractivity contribution in [1.29, 1.82) is 5.41 Å². The van der Waals surface area contributed by atoms with Crippen LogP contribution in [0.15, 0.2) is 72.0 Å². The maximum absolute atomic E-state index is 13.5. The molecule has 0 atom stereocenters. The molecule has 2 heterocycles. The summed E-state index contributed by atoms with van der Waals surface area (Å²) in [6.45, 7) is 9.42. The van der Waals surface area contributed by atoms with Gasteiger partial charge in [-0.1, -0.05) is 37.4 Å². The highest BCUT2D eigenvalue weighted by Gasteiger charge is 2.25. The number of benzene rings is 1. The Balaban J connectivity index is 1.75. The minimum atomic E-state index is -0.208. The number of fused-ring (bicyclic) bond motifs is 1. The highest BCUT2D eigenvalue weighted by atomic mass is 16.3. The third-order valence-electron chi connectivity index (χ3n) is 6.20. The first-order chi connectivity index (χ1) is 16.3. The van der Waals surface area contributed by atoms with Gasteiger partial charge in [-0.15, -0.1) is 0 Å². The minimum absolute atomic E-state index is 0.00341. The summed E-state index contributed by atoms with van der Waals surface area (Å²) in [4.78, 5) is 21.8. The molecular weight excluding hydrogens is 428 g/mol. The highest BCUT2D eigenvalue weighted by molar-refractivity contribution is 6.17. The molecule has 1 aromatic carbocycles. The number of aryl methyl sites for hydroxylation is 1. The zero-order valence-electron chi connectivity index (χ0n) is 19.1. The Bertz CT molecular complexity index is 1400. The lowest BCUT2D eigenvalue weighted by Crippen LogP contribution is -2.32. The molecule has 1 saturated carbocycles. The van der Waals surface area contributed by atoms with E-state index < -0.39 is 0 Å². The minimum Gasteiger partial charge on any atom is -0.509 e. The first-order valence-corrected chi connectivity index (χ1v) is 11.1. The number of pyridine rings is 1. The van der Waals surface area contributed by atoms with E-state index in [1.807, 2.05) is 35.8 Å². The number of hydrogen-bond donors (Lipinski definition) is 4. The molecule has 8 nitrogen and oxygen atoms in total. The number of aromatic nitrogens is 3. The van der Waals surface area contributed by atoms with Crippen molar-refractivity contribution in [2.45, 2.75) is 38.8 Å². The highest BCUT2D eigenvalue weighted by Crippen LogP contribution is 2.33. The quantitative estimate of drug-likeness (QED) is 0.223. The van der Waals surface area contributed by atoms with Gasteiger partial charge >= 0.3 is 0 Å². The predicted molar refractivity (Wildman–Crippen MR) is 136 cm³/mol. The van der Waals surface area contributed by atoms with Crippen molar-refractivity contribution in [1.82, 2.24) is 14.5 Å². The third-order valence-corrected chi connectivity index (χ3v) is 6.20. The van der Waals surface area contributed by atoms with Gasteiger partial charge in [-0.2, -0.15) is 0 Å². The molecule has 3 aromatic rings. The number of allylic oxidation sites excluding steroid dienone is 3. The van der Waals surface area contributed by atoms with Crippen LogP contribution in [0.5, 0.6) is 0 Å². The van der Waals surface area contributed by atoms with Gasteiger partial charge < -0.3 is 20.7 Å². The molecule has 0 radical (unpaired) electrons. The molecule has 0 amide bonds. The van der Waals surface area contributed by atoms with Crippen LogP contribution in [0.25, 0.3) is 10.8 Å². The van der Waals surface area contributed by atoms with E-state index in [1.165, 1.54) is 18.5 Å². The van der Waals surface area contributed by atoms with Crippen LogP contribution in [0.3, 0.4) is 0 Å². The molecule has 34 heavy (non-hydrogen) atoms. The monoisotopic (exact) mass is 456 g/mol. The molecule has 5 N–H and O–H groups in total. The number of hydrogen-bond acceptors (Lipinski definition) is 7. The van der Waals surface area contributed by atoms with Gasteiger partial charge in [0.2, 0.25) is 0 Å². The molecule has 8 heteroatoms. The Morgan fingerprint density at radius 2 is 2.15 bits per heavy atom. The Labute approximate surface area is 197 Å². The normalized spacial score (nSPS) is 14.0. The first-order valence-electron chi connectivity index (χ1n) is 11.1. The summed E-state index contributed by atoms with van der Waals surface area (Å²) < 4.78 is 1.90. The molecule has 2 aromatic heterocycles. The maximum Gasteiger partial charge on any atom is 0.259 e. The Kier molecular flexibility index (Phi) is 6.32. The van der Waals surface area contributed by atoms with Crippen molar-refractivity contribution in [3.05, 3.63) is 94.4 Å². The molecule has 0 saturated heterocycles. The van der Waals surface area contributed by atoms with E-state index in [4.69, 9.17) is 11.1 Å². The van der Waals surface area contributed by atoms with E-state index in [0.29, 0.717) is 17.9 Å². The van der Waals surface area contributed by atoms with Crippen molar-refractivity contribution in [3.63, 3.8) is 0 Å². The molecule has 0 bridgehead atoms. The topological polar surface area (TPSA) is 130 Å². The molecule has 0 aliphatic heterocycles. The van der Waals surface area contributed by atoms with Crippen LogP contribution < -0.4 is 16.6 Å². The lowest BCUT2D eigenvalue weighted by Gasteiger charge is -2.31. The van der Waals surface area contributed by atoms with Crippen LogP contribution in [0.1, 0.15) is 42.1 Å². The second kappa shape index (κ2) is 9.35. The largest absolute Gasteiger partial charge is 0.509 e. The molecule has 174 valence electrons. The fourth-order valence-corrected chi connectivity index (χ4v) is 4.30. The number of aliphatic hydroxyl groups excluding tert-OH is 1. The zero-order valence-corrected chi connectivity index (χ0v) is 19.1. The van der Waals surface area contributed by atoms with E-state index in [2.05, 4.69) is 28.4 Å². The molecule has 4 rings (SSSR count). The zero-order chi connectivity index (χ0) is 24.4. The van der Waals surface area contributed by atoms with E-state index >= 15 is 0 Å². The predicted octanol–water partition coefficient (Wildman–Crippen LogP) is 4.57. The number of aliphatic hydroxyl groups is 1. The van der Waals surface area contributed by atoms with Gasteiger partial charge in [-0.3, -0.25) is 10.2 Å². The number of nitrogens with zero attached hydrogens (tertiary/aromatic N) is 3. The second-order valence-electron chi connectivity index (χ2n) is 8.44. The lowest BCUT2D eigenvalue weighted by molar-refractivity contribution is 0.301. The number of anilines is 2. The van der Waals surface area contributed by atoms with Gasteiger partial charge in [0.25, 0.3) is 5.56 Å². The van der Waals surface area contributed by atoms with Crippen molar-refractivity contribution < 1.29 is 5.11 Å². The Hall–Kier alpha value is -4.20. The average Bonchev–Trinajstić information content (AvgIpc) is 2.76. The molecular formula is C26H28N6O2. The van der Waals surface area contributed by atoms with Gasteiger partial charge in [0, 0.05) is 17.3 Å². The SMILES string of the molecule is C=C/C(=C\C(=C)O)C(=N)c1c(N)ncnc1NCc1cc2cccc(C)c2c(=O)n1C1CCC1. The number of rotatable bonds is 8. The van der Waals surface area contributed by atoms with Gasteiger partial charge in [0.15, 0.2) is 0 Å². The van der Waals surface area contributed by atoms with Crippen LogP contribution >= 0.6 is 0 Å². The van der Waals surface area contributed by atoms with E-state index in [9.17, 15) is 9.90 Å². The van der Waals surface area contributed by atoms with Gasteiger partial charge in [-0.05, 0) is 49.3 Å². The van der Waals surface area contributed by atoms with Crippen LogP contribution in [0, 0.1) is 12.3 Å². The Morgan fingerprint density at radius 1 is 1.38 bits per heavy atom. The van der Waals surface area contributed by atoms with Gasteiger partial charge in [-0.25, -0.2) is 9.97 Å². The van der Waals surface area contributed by atoms with Crippen molar-refractivity contribution in [2.24, 2.45) is 0 Å². The smallest absolute Gasteiger partial charge is 0.259 e. The molecule has 0 spiro atoms. The van der Waals surface area contributed by atoms with E-state index in [-0.39, 0.29) is 34.5 Å². The molecule has 0 unspecified atom stereocenters. The van der Waals surface area contributed by atoms with Crippen LogP contribution in [-0.4, -0.2) is 25.4 Å². The van der Waals surface area contributed by atoms with Crippen LogP contribution in [0.4, 0.5) is 11.6 Å². The van der Waals surface area contributed by atoms with Crippen molar-refractivity contribution in [2.75, 3.05) is 11.1 Å². The van der Waals surface area contributed by atoms with Crippen molar-refractivity contribution >= 4 is 28.1 Å². The van der Waals surface area contributed by atoms with E-state index in [0.717, 1.165) is 41.3 Å². The maximum atomic E-state index is 13.5. The molecule has 1 aliphatic rings. The second-order valence-corrected chi connectivity index (χ2v) is 8.44. The fraction of sp³-hybridized carbons (Fsp3) is 0.231. The molecule has 1 aliphatic carbocycles. The van der Waals surface area contributed by atoms with Crippen molar-refractivity contribution in [3.8, 4) is 0 Å². The average molecular weight is 457 g/mol. The van der Waals surface area contributed by atoms with Crippen LogP contribution in [-0.2, 0) is 6.54 Å². The standard InChI is InChI=1S/C26H28N6O2/c1-4-17(11-16(3)33)23(27)22-24(28)30-14-31-25(22)29-13-20-12-18-8-5-7-15(2)21(18)26(34)32(20)19-9-6-10-19/h4-5,7-8,11-12,14,19,27,33H,1,3,6,9-10,13H2,2H3,(H3,28,29,30,31)/b17-11+,27-23?. The summed E-state index contributed by atoms with van der Waals surface area (Å²) in [6.07, 6.45) is 7.12. The summed E-state index contributed by atoms with van der Waals surface area (Å²) in [5, 5.41) is 23.1. The van der Waals surface area contributed by atoms with Gasteiger partial charge in [0.1, 0.15) is 23.7 Å². The summed E-state index contributed by atoms with van der Waals surface area (Å²) >= 11 is 0. The van der Waals surface area contributed by atoms with Crippen LogP contribution in [0.2, 0.25) is 0 Å².